The quantitative estimate of drug-likeness (QED) is 0.214. The van der Waals surface area contributed by atoms with Crippen molar-refractivity contribution in [3.05, 3.63) is 158 Å². The molecule has 0 N–H and O–H groups in total. The summed E-state index contributed by atoms with van der Waals surface area (Å²) in [6, 6.07) is 55.2. The molecule has 9 aromatic rings. The number of aromatic nitrogens is 2. The molecule has 3 nitrogen and oxygen atoms in total. The third-order valence-corrected chi connectivity index (χ3v) is 8.59. The molecule has 0 atom stereocenters. The van der Waals surface area contributed by atoms with Gasteiger partial charge in [-0.15, -0.1) is 0 Å². The topological polar surface area (TPSA) is 31.0 Å². The minimum atomic E-state index is 0.890. The number of rotatable bonds is 4. The number of hydrogen-bond acceptors (Lipinski definition) is 2. The lowest BCUT2D eigenvalue weighted by molar-refractivity contribution is 0.673. The molecule has 0 aliphatic rings. The Hall–Kier alpha value is -5.93. The summed E-state index contributed by atoms with van der Waals surface area (Å²) in [5.41, 5.74) is 11.5. The minimum Gasteiger partial charge on any atom is -0.455 e. The Labute approximate surface area is 254 Å². The molecule has 6 aromatic carbocycles. The SMILES string of the molecule is c1ccc(-c2cccc(-c3ccc4c(c3)c3c5oc6ccccc6c5c(-c5ccccc5)cc3n4-c3ccccc3)n2)cc1. The van der Waals surface area contributed by atoms with Crippen LogP contribution in [-0.2, 0) is 0 Å². The first-order chi connectivity index (χ1) is 21.8. The van der Waals surface area contributed by atoms with E-state index in [-0.39, 0.29) is 0 Å². The van der Waals surface area contributed by atoms with Crippen LogP contribution >= 0.6 is 0 Å². The van der Waals surface area contributed by atoms with Crippen LogP contribution in [0.3, 0.4) is 0 Å². The van der Waals surface area contributed by atoms with E-state index in [1.807, 2.05) is 12.1 Å². The fraction of sp³-hybridized carbons (Fsp3) is 0. The highest BCUT2D eigenvalue weighted by atomic mass is 16.3. The third kappa shape index (κ3) is 3.80. The van der Waals surface area contributed by atoms with Crippen molar-refractivity contribution in [2.24, 2.45) is 0 Å². The number of pyridine rings is 1. The van der Waals surface area contributed by atoms with E-state index in [1.54, 1.807) is 0 Å². The molecule has 44 heavy (non-hydrogen) atoms. The summed E-state index contributed by atoms with van der Waals surface area (Å²) in [6.45, 7) is 0. The monoisotopic (exact) mass is 562 g/mol. The molecule has 206 valence electrons. The van der Waals surface area contributed by atoms with Crippen molar-refractivity contribution in [2.45, 2.75) is 0 Å². The second-order valence-corrected chi connectivity index (χ2v) is 11.2. The van der Waals surface area contributed by atoms with Crippen LogP contribution in [0.5, 0.6) is 0 Å². The molecule has 3 heteroatoms. The fourth-order valence-corrected chi connectivity index (χ4v) is 6.61. The van der Waals surface area contributed by atoms with Crippen LogP contribution in [0.4, 0.5) is 0 Å². The van der Waals surface area contributed by atoms with Gasteiger partial charge in [-0.1, -0.05) is 109 Å². The van der Waals surface area contributed by atoms with E-state index >= 15 is 0 Å². The molecule has 0 spiro atoms. The molecule has 0 saturated carbocycles. The normalized spacial score (nSPS) is 11.6. The Morgan fingerprint density at radius 1 is 0.455 bits per heavy atom. The summed E-state index contributed by atoms with van der Waals surface area (Å²) in [4.78, 5) is 5.09. The molecule has 9 rings (SSSR count). The molecule has 3 heterocycles. The molecule has 0 amide bonds. The summed E-state index contributed by atoms with van der Waals surface area (Å²) in [6.07, 6.45) is 0. The molecule has 0 saturated heterocycles. The van der Waals surface area contributed by atoms with Gasteiger partial charge in [0.2, 0.25) is 0 Å². The largest absolute Gasteiger partial charge is 0.455 e. The molecule has 0 aliphatic carbocycles. The van der Waals surface area contributed by atoms with Gasteiger partial charge >= 0.3 is 0 Å². The first kappa shape index (κ1) is 24.6. The van der Waals surface area contributed by atoms with Gasteiger partial charge in [-0.05, 0) is 59.7 Å². The van der Waals surface area contributed by atoms with Crippen LogP contribution < -0.4 is 0 Å². The van der Waals surface area contributed by atoms with Crippen LogP contribution in [0.2, 0.25) is 0 Å². The number of hydrogen-bond donors (Lipinski definition) is 0. The van der Waals surface area contributed by atoms with Crippen molar-refractivity contribution in [3.8, 4) is 39.3 Å². The van der Waals surface area contributed by atoms with Crippen LogP contribution in [0.1, 0.15) is 0 Å². The predicted octanol–water partition coefficient (Wildman–Crippen LogP) is 11.1. The van der Waals surface area contributed by atoms with E-state index < -0.39 is 0 Å². The molecular weight excluding hydrogens is 536 g/mol. The van der Waals surface area contributed by atoms with E-state index in [9.17, 15) is 0 Å². The van der Waals surface area contributed by atoms with E-state index in [0.29, 0.717) is 0 Å². The Kier molecular flexibility index (Phi) is 5.50. The average Bonchev–Trinajstić information content (AvgIpc) is 3.65. The smallest absolute Gasteiger partial charge is 0.146 e. The van der Waals surface area contributed by atoms with Gasteiger partial charge in [-0.3, -0.25) is 0 Å². The summed E-state index contributed by atoms with van der Waals surface area (Å²) in [5.74, 6) is 0. The zero-order valence-electron chi connectivity index (χ0n) is 23.8. The van der Waals surface area contributed by atoms with Crippen LogP contribution in [0, 0.1) is 0 Å². The van der Waals surface area contributed by atoms with Crippen molar-refractivity contribution in [1.29, 1.82) is 0 Å². The summed E-state index contributed by atoms with van der Waals surface area (Å²) in [7, 11) is 0. The predicted molar refractivity (Wildman–Crippen MR) is 182 cm³/mol. The summed E-state index contributed by atoms with van der Waals surface area (Å²) in [5, 5.41) is 4.51. The van der Waals surface area contributed by atoms with E-state index in [0.717, 1.165) is 77.5 Å². The highest BCUT2D eigenvalue weighted by Crippen LogP contribution is 2.45. The van der Waals surface area contributed by atoms with Gasteiger partial charge in [-0.25, -0.2) is 4.98 Å². The van der Waals surface area contributed by atoms with Crippen LogP contribution in [-0.4, -0.2) is 9.55 Å². The maximum Gasteiger partial charge on any atom is 0.146 e. The molecule has 3 aromatic heterocycles. The number of fused-ring (bicyclic) bond motifs is 7. The highest BCUT2D eigenvalue weighted by Gasteiger charge is 2.22. The first-order valence-corrected chi connectivity index (χ1v) is 14.9. The maximum atomic E-state index is 6.78. The van der Waals surface area contributed by atoms with Crippen LogP contribution in [0.15, 0.2) is 162 Å². The van der Waals surface area contributed by atoms with Gasteiger partial charge in [0, 0.05) is 33.0 Å². The lowest BCUT2D eigenvalue weighted by Crippen LogP contribution is -1.94. The zero-order chi connectivity index (χ0) is 29.0. The van der Waals surface area contributed by atoms with Crippen molar-refractivity contribution in [3.63, 3.8) is 0 Å². The molecule has 0 fully saturated rings. The van der Waals surface area contributed by atoms with Crippen molar-refractivity contribution in [1.82, 2.24) is 9.55 Å². The van der Waals surface area contributed by atoms with Gasteiger partial charge in [0.1, 0.15) is 11.2 Å². The van der Waals surface area contributed by atoms with Gasteiger partial charge in [0.25, 0.3) is 0 Å². The number of furan rings is 1. The summed E-state index contributed by atoms with van der Waals surface area (Å²) >= 11 is 0. The molecular formula is C41H26N2O. The second kappa shape index (κ2) is 9.82. The van der Waals surface area contributed by atoms with Gasteiger partial charge < -0.3 is 8.98 Å². The van der Waals surface area contributed by atoms with E-state index in [1.165, 1.54) is 5.56 Å². The van der Waals surface area contributed by atoms with Crippen LogP contribution in [0.25, 0.3) is 83.1 Å². The fourth-order valence-electron chi connectivity index (χ4n) is 6.61. The van der Waals surface area contributed by atoms with Crippen molar-refractivity contribution >= 4 is 43.7 Å². The standard InChI is InChI=1S/C41H26N2O/c1-4-13-27(14-5-1)32-26-37-40(41-39(32)31-19-10-11-22-38(31)44-41)33-25-29(23-24-36(33)43(37)30-17-8-3-9-18-30)35-21-12-20-34(42-35)28-15-6-2-7-16-28/h1-26H. The van der Waals surface area contributed by atoms with Gasteiger partial charge in [-0.2, -0.15) is 0 Å². The molecule has 0 bridgehead atoms. The zero-order valence-corrected chi connectivity index (χ0v) is 23.8. The molecule has 0 aliphatic heterocycles. The maximum absolute atomic E-state index is 6.78. The Balaban J connectivity index is 1.40. The number of nitrogens with zero attached hydrogens (tertiary/aromatic N) is 2. The Bertz CT molecular complexity index is 2470. The molecule has 0 radical (unpaired) electrons. The summed E-state index contributed by atoms with van der Waals surface area (Å²) < 4.78 is 9.14. The minimum absolute atomic E-state index is 0.890. The Morgan fingerprint density at radius 3 is 1.89 bits per heavy atom. The number of para-hydroxylation sites is 2. The van der Waals surface area contributed by atoms with E-state index in [2.05, 4.69) is 150 Å². The highest BCUT2D eigenvalue weighted by molar-refractivity contribution is 6.28. The van der Waals surface area contributed by atoms with Gasteiger partial charge in [0.15, 0.2) is 0 Å². The van der Waals surface area contributed by atoms with Crippen molar-refractivity contribution < 1.29 is 4.42 Å². The lowest BCUT2D eigenvalue weighted by Gasteiger charge is -2.10. The van der Waals surface area contributed by atoms with Gasteiger partial charge in [0.05, 0.1) is 27.8 Å². The Morgan fingerprint density at radius 2 is 1.11 bits per heavy atom. The molecule has 0 unspecified atom stereocenters. The van der Waals surface area contributed by atoms with Crippen molar-refractivity contribution in [2.75, 3.05) is 0 Å². The first-order valence-electron chi connectivity index (χ1n) is 14.9. The number of benzene rings is 6. The second-order valence-electron chi connectivity index (χ2n) is 11.2. The van der Waals surface area contributed by atoms with E-state index in [4.69, 9.17) is 9.40 Å². The third-order valence-electron chi connectivity index (χ3n) is 8.59. The lowest BCUT2D eigenvalue weighted by atomic mass is 9.96. The average molecular weight is 563 g/mol.